The molecule has 32 heavy (non-hydrogen) atoms. The highest BCUT2D eigenvalue weighted by Crippen LogP contribution is 2.28. The summed E-state index contributed by atoms with van der Waals surface area (Å²) < 4.78 is 28.8. The molecular formula is C22H17F2N5O3. The summed E-state index contributed by atoms with van der Waals surface area (Å²) in [6, 6.07) is 10.5. The Morgan fingerprint density at radius 3 is 2.56 bits per heavy atom. The molecule has 0 fully saturated rings. The van der Waals surface area contributed by atoms with E-state index in [1.165, 1.54) is 72.9 Å². The van der Waals surface area contributed by atoms with Crippen LogP contribution in [0, 0.1) is 11.6 Å². The number of rotatable bonds is 4. The number of anilines is 1. The van der Waals surface area contributed by atoms with Crippen LogP contribution in [0.4, 0.5) is 19.3 Å². The molecule has 8 nitrogen and oxygen atoms in total. The van der Waals surface area contributed by atoms with Gasteiger partial charge in [0.2, 0.25) is 0 Å². The Balaban J connectivity index is 1.67. The molecule has 162 valence electrons. The molecule has 4 rings (SSSR count). The summed E-state index contributed by atoms with van der Waals surface area (Å²) in [6.07, 6.45) is 2.73. The lowest BCUT2D eigenvalue weighted by Crippen LogP contribution is -2.44. The first-order valence-electron chi connectivity index (χ1n) is 9.49. The Morgan fingerprint density at radius 1 is 1.09 bits per heavy atom. The second-order valence-corrected chi connectivity index (χ2v) is 7.02. The maximum atomic E-state index is 14.5. The standard InChI is InChI=1S/C22H17F2N5O3/c1-28-12-16(20(27-22(28)32)13-4-6-14(23)7-5-13)21(31)26-18-11-15(8-9-17(18)24)29-19(30)3-2-10-25-29/h2-12,20H,1H3,(H,26,31)(H,27,32)/t20-/m0/s1. The average molecular weight is 437 g/mol. The number of carbonyl (C=O) groups excluding carboxylic acids is 2. The van der Waals surface area contributed by atoms with Crippen LogP contribution in [0.5, 0.6) is 0 Å². The number of urea groups is 1. The van der Waals surface area contributed by atoms with E-state index in [1.54, 1.807) is 0 Å². The molecule has 2 heterocycles. The van der Waals surface area contributed by atoms with Crippen LogP contribution >= 0.6 is 0 Å². The molecule has 1 aromatic heterocycles. The van der Waals surface area contributed by atoms with Gasteiger partial charge in [0.1, 0.15) is 11.6 Å². The first-order valence-corrected chi connectivity index (χ1v) is 9.49. The molecule has 0 radical (unpaired) electrons. The summed E-state index contributed by atoms with van der Waals surface area (Å²) in [5.41, 5.74) is 0.239. The fraction of sp³-hybridized carbons (Fsp3) is 0.0909. The van der Waals surface area contributed by atoms with E-state index in [0.29, 0.717) is 5.56 Å². The van der Waals surface area contributed by atoms with Crippen molar-refractivity contribution in [2.24, 2.45) is 0 Å². The van der Waals surface area contributed by atoms with E-state index in [0.717, 1.165) is 10.7 Å². The average Bonchev–Trinajstić information content (AvgIpc) is 2.78. The Labute approximate surface area is 180 Å². The molecule has 3 amide bonds. The minimum atomic E-state index is -0.871. The molecule has 0 unspecified atom stereocenters. The van der Waals surface area contributed by atoms with Gasteiger partial charge in [0.25, 0.3) is 11.5 Å². The summed E-state index contributed by atoms with van der Waals surface area (Å²) >= 11 is 0. The van der Waals surface area contributed by atoms with Crippen LogP contribution in [0.3, 0.4) is 0 Å². The second kappa shape index (κ2) is 8.42. The van der Waals surface area contributed by atoms with Gasteiger partial charge in [0.15, 0.2) is 0 Å². The van der Waals surface area contributed by atoms with Crippen molar-refractivity contribution >= 4 is 17.6 Å². The van der Waals surface area contributed by atoms with Crippen molar-refractivity contribution in [2.75, 3.05) is 12.4 Å². The monoisotopic (exact) mass is 437 g/mol. The van der Waals surface area contributed by atoms with Gasteiger partial charge in [-0.05, 0) is 42.0 Å². The molecule has 10 heteroatoms. The Hall–Kier alpha value is -4.34. The van der Waals surface area contributed by atoms with E-state index in [1.807, 2.05) is 0 Å². The van der Waals surface area contributed by atoms with Crippen LogP contribution in [-0.4, -0.2) is 33.7 Å². The van der Waals surface area contributed by atoms with Crippen LogP contribution < -0.4 is 16.2 Å². The number of nitrogens with zero attached hydrogens (tertiary/aromatic N) is 3. The summed E-state index contributed by atoms with van der Waals surface area (Å²) in [4.78, 5) is 38.4. The molecule has 0 saturated heterocycles. The van der Waals surface area contributed by atoms with Gasteiger partial charge in [-0.3, -0.25) is 9.59 Å². The first kappa shape index (κ1) is 20.9. The van der Waals surface area contributed by atoms with E-state index in [4.69, 9.17) is 0 Å². The predicted molar refractivity (Wildman–Crippen MR) is 112 cm³/mol. The van der Waals surface area contributed by atoms with Crippen molar-refractivity contribution in [1.82, 2.24) is 20.0 Å². The van der Waals surface area contributed by atoms with E-state index in [-0.39, 0.29) is 16.9 Å². The van der Waals surface area contributed by atoms with Crippen LogP contribution in [0.25, 0.3) is 5.69 Å². The zero-order chi connectivity index (χ0) is 22.8. The molecule has 1 aliphatic rings. The fourth-order valence-corrected chi connectivity index (χ4v) is 3.24. The number of nitrogens with one attached hydrogen (secondary N) is 2. The topological polar surface area (TPSA) is 96.3 Å². The molecule has 0 bridgehead atoms. The summed E-state index contributed by atoms with van der Waals surface area (Å²) in [6.45, 7) is 0. The van der Waals surface area contributed by atoms with Crippen molar-refractivity contribution in [3.63, 3.8) is 0 Å². The van der Waals surface area contributed by atoms with Crippen LogP contribution in [0.15, 0.2) is 77.4 Å². The third kappa shape index (κ3) is 4.10. The number of carbonyl (C=O) groups is 2. The van der Waals surface area contributed by atoms with Crippen molar-refractivity contribution in [3.8, 4) is 5.69 Å². The van der Waals surface area contributed by atoms with Gasteiger partial charge in [0, 0.05) is 25.5 Å². The van der Waals surface area contributed by atoms with Crippen molar-refractivity contribution in [3.05, 3.63) is 100 Å². The highest BCUT2D eigenvalue weighted by molar-refractivity contribution is 6.06. The van der Waals surface area contributed by atoms with Crippen LogP contribution in [0.2, 0.25) is 0 Å². The van der Waals surface area contributed by atoms with E-state index >= 15 is 0 Å². The van der Waals surface area contributed by atoms with E-state index < -0.39 is 35.2 Å². The quantitative estimate of drug-likeness (QED) is 0.656. The number of aromatic nitrogens is 2. The van der Waals surface area contributed by atoms with Gasteiger partial charge < -0.3 is 15.5 Å². The van der Waals surface area contributed by atoms with Gasteiger partial charge in [-0.25, -0.2) is 13.6 Å². The highest BCUT2D eigenvalue weighted by Gasteiger charge is 2.31. The summed E-state index contributed by atoms with van der Waals surface area (Å²) in [5, 5.41) is 9.08. The molecule has 0 aliphatic carbocycles. The molecular weight excluding hydrogens is 420 g/mol. The van der Waals surface area contributed by atoms with Gasteiger partial charge in [-0.1, -0.05) is 12.1 Å². The molecule has 3 aromatic rings. The van der Waals surface area contributed by atoms with E-state index in [2.05, 4.69) is 15.7 Å². The molecule has 2 N–H and O–H groups in total. The van der Waals surface area contributed by atoms with Crippen molar-refractivity contribution in [1.29, 1.82) is 0 Å². The lowest BCUT2D eigenvalue weighted by atomic mass is 9.97. The molecule has 2 aromatic carbocycles. The fourth-order valence-electron chi connectivity index (χ4n) is 3.24. The lowest BCUT2D eigenvalue weighted by molar-refractivity contribution is -0.113. The minimum Gasteiger partial charge on any atom is -0.327 e. The molecule has 1 atom stereocenters. The van der Waals surface area contributed by atoms with Crippen molar-refractivity contribution in [2.45, 2.75) is 6.04 Å². The summed E-state index contributed by atoms with van der Waals surface area (Å²) in [7, 11) is 1.46. The second-order valence-electron chi connectivity index (χ2n) is 7.02. The Morgan fingerprint density at radius 2 is 1.84 bits per heavy atom. The Kier molecular flexibility index (Phi) is 5.50. The number of halogens is 2. The third-order valence-electron chi connectivity index (χ3n) is 4.86. The van der Waals surface area contributed by atoms with Gasteiger partial charge in [0.05, 0.1) is 23.0 Å². The number of benzene rings is 2. The smallest absolute Gasteiger partial charge is 0.321 e. The first-order chi connectivity index (χ1) is 15.3. The third-order valence-corrected chi connectivity index (χ3v) is 4.86. The SMILES string of the molecule is CN1C=C(C(=O)Nc2cc(-n3ncccc3=O)ccc2F)[C@H](c2ccc(F)cc2)NC1=O. The van der Waals surface area contributed by atoms with Crippen molar-refractivity contribution < 1.29 is 18.4 Å². The molecule has 0 spiro atoms. The maximum Gasteiger partial charge on any atom is 0.321 e. The number of amides is 3. The summed E-state index contributed by atoms with van der Waals surface area (Å²) in [5.74, 6) is -1.87. The van der Waals surface area contributed by atoms with Crippen LogP contribution in [-0.2, 0) is 4.79 Å². The van der Waals surface area contributed by atoms with Gasteiger partial charge in [-0.2, -0.15) is 9.78 Å². The molecule has 1 aliphatic heterocycles. The largest absolute Gasteiger partial charge is 0.327 e. The number of hydrogen-bond donors (Lipinski definition) is 2. The van der Waals surface area contributed by atoms with E-state index in [9.17, 15) is 23.2 Å². The zero-order valence-electron chi connectivity index (χ0n) is 16.8. The number of hydrogen-bond acceptors (Lipinski definition) is 4. The zero-order valence-corrected chi connectivity index (χ0v) is 16.8. The Bertz CT molecular complexity index is 1290. The van der Waals surface area contributed by atoms with Crippen LogP contribution in [0.1, 0.15) is 11.6 Å². The normalized spacial score (nSPS) is 15.7. The highest BCUT2D eigenvalue weighted by atomic mass is 19.1. The predicted octanol–water partition coefficient (Wildman–Crippen LogP) is 2.73. The van der Waals surface area contributed by atoms with Gasteiger partial charge >= 0.3 is 6.03 Å². The molecule has 0 saturated carbocycles. The lowest BCUT2D eigenvalue weighted by Gasteiger charge is -2.30. The minimum absolute atomic E-state index is 0.110. The maximum absolute atomic E-state index is 14.5. The van der Waals surface area contributed by atoms with Gasteiger partial charge in [-0.15, -0.1) is 0 Å².